The van der Waals surface area contributed by atoms with Crippen LogP contribution in [-0.4, -0.2) is 72.5 Å². The molecule has 142 valence electrons. The Bertz CT molecular complexity index is 603. The Labute approximate surface area is 158 Å². The van der Waals surface area contributed by atoms with Crippen molar-refractivity contribution in [3.63, 3.8) is 0 Å². The van der Waals surface area contributed by atoms with E-state index in [4.69, 9.17) is 0 Å². The Morgan fingerprint density at radius 3 is 2.73 bits per heavy atom. The third kappa shape index (κ3) is 4.54. The summed E-state index contributed by atoms with van der Waals surface area (Å²) in [7, 11) is 2.24. The number of benzene rings is 1. The van der Waals surface area contributed by atoms with Gasteiger partial charge in [-0.1, -0.05) is 36.4 Å². The van der Waals surface area contributed by atoms with Crippen molar-refractivity contribution in [1.29, 1.82) is 0 Å². The van der Waals surface area contributed by atoms with Crippen LogP contribution in [0.25, 0.3) is 0 Å². The predicted octanol–water partition coefficient (Wildman–Crippen LogP) is 2.80. The van der Waals surface area contributed by atoms with Crippen molar-refractivity contribution in [2.24, 2.45) is 0 Å². The normalized spacial score (nSPS) is 25.4. The van der Waals surface area contributed by atoms with Crippen LogP contribution in [0.2, 0.25) is 0 Å². The highest BCUT2D eigenvalue weighted by Gasteiger charge is 2.41. The molecule has 0 aliphatic carbocycles. The van der Waals surface area contributed by atoms with Gasteiger partial charge in [0.25, 0.3) is 0 Å². The van der Waals surface area contributed by atoms with Gasteiger partial charge in [-0.15, -0.1) is 6.58 Å². The van der Waals surface area contributed by atoms with Gasteiger partial charge in [-0.05, 0) is 44.8 Å². The van der Waals surface area contributed by atoms with E-state index in [1.807, 2.05) is 11.0 Å². The molecule has 0 aromatic heterocycles. The fourth-order valence-corrected chi connectivity index (χ4v) is 4.47. The lowest BCUT2D eigenvalue weighted by molar-refractivity contribution is -0.130. The third-order valence-electron chi connectivity index (χ3n) is 6.22. The molecule has 1 aromatic carbocycles. The van der Waals surface area contributed by atoms with E-state index in [0.717, 1.165) is 52.0 Å². The van der Waals surface area contributed by atoms with Crippen LogP contribution < -0.4 is 0 Å². The molecule has 2 heterocycles. The second-order valence-corrected chi connectivity index (χ2v) is 7.89. The summed E-state index contributed by atoms with van der Waals surface area (Å²) in [6, 6.07) is 10.8. The van der Waals surface area contributed by atoms with Gasteiger partial charge in [-0.25, -0.2) is 0 Å². The molecule has 2 aliphatic heterocycles. The molecule has 0 bridgehead atoms. The molecule has 2 aliphatic rings. The quantitative estimate of drug-likeness (QED) is 0.734. The summed E-state index contributed by atoms with van der Waals surface area (Å²) in [6.07, 6.45) is 6.90. The van der Waals surface area contributed by atoms with Crippen LogP contribution in [0.5, 0.6) is 0 Å². The summed E-state index contributed by atoms with van der Waals surface area (Å²) in [6.45, 7) is 9.80. The highest BCUT2D eigenvalue weighted by atomic mass is 16.2. The maximum Gasteiger partial charge on any atom is 0.222 e. The largest absolute Gasteiger partial charge is 0.339 e. The van der Waals surface area contributed by atoms with Gasteiger partial charge in [0.15, 0.2) is 0 Å². The summed E-state index contributed by atoms with van der Waals surface area (Å²) in [5.74, 6) is 0.288. The number of likely N-dealkylation sites (tertiary alicyclic amines) is 1. The van der Waals surface area contributed by atoms with Crippen molar-refractivity contribution in [2.75, 3.05) is 46.3 Å². The Balaban J connectivity index is 1.57. The van der Waals surface area contributed by atoms with Crippen molar-refractivity contribution in [3.8, 4) is 0 Å². The number of hydrogen-bond acceptors (Lipinski definition) is 3. The number of aryl methyl sites for hydroxylation is 1. The van der Waals surface area contributed by atoms with E-state index in [9.17, 15) is 4.79 Å². The van der Waals surface area contributed by atoms with Gasteiger partial charge in [0.2, 0.25) is 5.91 Å². The Kier molecular flexibility index (Phi) is 6.49. The number of carbonyl (C=O) groups excluding carboxylic acids is 1. The van der Waals surface area contributed by atoms with Crippen LogP contribution in [0.3, 0.4) is 0 Å². The number of likely N-dealkylation sites (N-methyl/N-ethyl adjacent to an activating group) is 1. The maximum atomic E-state index is 12.4. The molecule has 2 saturated heterocycles. The Morgan fingerprint density at radius 1 is 1.15 bits per heavy atom. The SMILES string of the molecule is C=CCN1CC[C@]2(CCC1=O)CN(CCCc1ccccc1)CCN2C. The van der Waals surface area contributed by atoms with Gasteiger partial charge in [-0.3, -0.25) is 9.69 Å². The Hall–Kier alpha value is -1.65. The van der Waals surface area contributed by atoms with Crippen molar-refractivity contribution < 1.29 is 4.79 Å². The number of amides is 1. The summed E-state index contributed by atoms with van der Waals surface area (Å²) >= 11 is 0. The zero-order chi connectivity index (χ0) is 18.4. The van der Waals surface area contributed by atoms with E-state index in [0.29, 0.717) is 13.0 Å². The summed E-state index contributed by atoms with van der Waals surface area (Å²) < 4.78 is 0. The molecule has 3 rings (SSSR count). The van der Waals surface area contributed by atoms with Crippen LogP contribution in [0.15, 0.2) is 43.0 Å². The average molecular weight is 356 g/mol. The molecule has 26 heavy (non-hydrogen) atoms. The molecular weight excluding hydrogens is 322 g/mol. The zero-order valence-electron chi connectivity index (χ0n) is 16.2. The lowest BCUT2D eigenvalue weighted by Gasteiger charge is -2.49. The van der Waals surface area contributed by atoms with E-state index in [1.54, 1.807) is 0 Å². The summed E-state index contributed by atoms with van der Waals surface area (Å²) in [5, 5.41) is 0. The first-order valence-corrected chi connectivity index (χ1v) is 9.99. The van der Waals surface area contributed by atoms with Crippen LogP contribution >= 0.6 is 0 Å². The number of hydrogen-bond donors (Lipinski definition) is 0. The summed E-state index contributed by atoms with van der Waals surface area (Å²) in [5.41, 5.74) is 1.58. The Morgan fingerprint density at radius 2 is 1.96 bits per heavy atom. The van der Waals surface area contributed by atoms with Crippen molar-refractivity contribution in [2.45, 2.75) is 37.6 Å². The van der Waals surface area contributed by atoms with E-state index in [-0.39, 0.29) is 11.4 Å². The van der Waals surface area contributed by atoms with E-state index in [1.165, 1.54) is 12.0 Å². The molecule has 0 unspecified atom stereocenters. The first kappa shape index (κ1) is 19.1. The number of rotatable bonds is 6. The van der Waals surface area contributed by atoms with E-state index < -0.39 is 0 Å². The third-order valence-corrected chi connectivity index (χ3v) is 6.22. The van der Waals surface area contributed by atoms with Gasteiger partial charge in [0.1, 0.15) is 0 Å². The molecule has 4 heteroatoms. The molecule has 1 spiro atoms. The van der Waals surface area contributed by atoms with Crippen molar-refractivity contribution in [3.05, 3.63) is 48.6 Å². The fourth-order valence-electron chi connectivity index (χ4n) is 4.47. The topological polar surface area (TPSA) is 26.8 Å². The number of piperazine rings is 1. The maximum absolute atomic E-state index is 12.4. The van der Waals surface area contributed by atoms with E-state index >= 15 is 0 Å². The first-order valence-electron chi connectivity index (χ1n) is 9.99. The summed E-state index contributed by atoms with van der Waals surface area (Å²) in [4.78, 5) is 19.5. The second-order valence-electron chi connectivity index (χ2n) is 7.89. The average Bonchev–Trinajstić information content (AvgIpc) is 2.81. The molecule has 0 N–H and O–H groups in total. The number of nitrogens with zero attached hydrogens (tertiary/aromatic N) is 3. The standard InChI is InChI=1S/C22H33N3O/c1-3-14-25-16-13-22(12-11-21(25)26)19-24(18-17-23(22)2)15-7-10-20-8-5-4-6-9-20/h3-6,8-9H,1,7,10-19H2,2H3/t22-/m1/s1. The van der Waals surface area contributed by atoms with Gasteiger partial charge < -0.3 is 9.80 Å². The van der Waals surface area contributed by atoms with Gasteiger partial charge >= 0.3 is 0 Å². The van der Waals surface area contributed by atoms with Crippen LogP contribution in [0.1, 0.15) is 31.2 Å². The van der Waals surface area contributed by atoms with Crippen LogP contribution in [0, 0.1) is 0 Å². The van der Waals surface area contributed by atoms with Gasteiger partial charge in [0.05, 0.1) is 0 Å². The second kappa shape index (κ2) is 8.83. The molecule has 0 saturated carbocycles. The lowest BCUT2D eigenvalue weighted by atomic mass is 9.86. The monoisotopic (exact) mass is 355 g/mol. The predicted molar refractivity (Wildman–Crippen MR) is 107 cm³/mol. The van der Waals surface area contributed by atoms with Crippen LogP contribution in [0.4, 0.5) is 0 Å². The molecule has 1 atom stereocenters. The van der Waals surface area contributed by atoms with Gasteiger partial charge in [0, 0.05) is 44.7 Å². The minimum atomic E-state index is 0.149. The molecule has 4 nitrogen and oxygen atoms in total. The minimum absolute atomic E-state index is 0.149. The highest BCUT2D eigenvalue weighted by molar-refractivity contribution is 5.76. The molecule has 1 aromatic rings. The molecule has 1 amide bonds. The minimum Gasteiger partial charge on any atom is -0.339 e. The van der Waals surface area contributed by atoms with Crippen molar-refractivity contribution in [1.82, 2.24) is 14.7 Å². The van der Waals surface area contributed by atoms with Crippen LogP contribution in [-0.2, 0) is 11.2 Å². The zero-order valence-corrected chi connectivity index (χ0v) is 16.2. The smallest absolute Gasteiger partial charge is 0.222 e. The van der Waals surface area contributed by atoms with Gasteiger partial charge in [-0.2, -0.15) is 0 Å². The molecule has 2 fully saturated rings. The fraction of sp³-hybridized carbons (Fsp3) is 0.591. The number of carbonyl (C=O) groups is 1. The molecular formula is C22H33N3O. The highest BCUT2D eigenvalue weighted by Crippen LogP contribution is 2.32. The lowest BCUT2D eigenvalue weighted by Crippen LogP contribution is -2.61. The molecule has 0 radical (unpaired) electrons. The van der Waals surface area contributed by atoms with E-state index in [2.05, 4.69) is 53.8 Å². The van der Waals surface area contributed by atoms with Crippen molar-refractivity contribution >= 4 is 5.91 Å². The first-order chi connectivity index (χ1) is 12.6.